The van der Waals surface area contributed by atoms with Gasteiger partial charge in [0.1, 0.15) is 30.3 Å². The van der Waals surface area contributed by atoms with Crippen molar-refractivity contribution >= 4 is 23.6 Å². The Morgan fingerprint density at radius 2 is 1.40 bits per heavy atom. The van der Waals surface area contributed by atoms with Crippen LogP contribution in [-0.2, 0) is 9.59 Å². The molecule has 6 nitrogen and oxygen atoms in total. The molecule has 30 heavy (non-hydrogen) atoms. The first-order valence-electron chi connectivity index (χ1n) is 9.54. The number of hydrazine groups is 1. The highest BCUT2D eigenvalue weighted by molar-refractivity contribution is 6.31. The standard InChI is InChI=1S/C24H20N2O4/c27-23-21(24(28)26(25-23)19-10-3-1-4-11-19)17-18-9-7-8-14-22(18)30-16-15-29-20-12-5-2-6-13-20/h1-14,17H,15-16H2,(H,25,27). The number of nitrogens with one attached hydrogen (secondary N) is 1. The quantitative estimate of drug-likeness (QED) is 0.374. The van der Waals surface area contributed by atoms with Crippen LogP contribution in [-0.4, -0.2) is 25.0 Å². The number of carbonyl (C=O) groups excluding carboxylic acids is 2. The Morgan fingerprint density at radius 1 is 0.767 bits per heavy atom. The average Bonchev–Trinajstić information content (AvgIpc) is 3.07. The predicted molar refractivity (Wildman–Crippen MR) is 114 cm³/mol. The van der Waals surface area contributed by atoms with Crippen LogP contribution in [0.3, 0.4) is 0 Å². The molecule has 0 aliphatic carbocycles. The van der Waals surface area contributed by atoms with E-state index in [0.717, 1.165) is 5.75 Å². The molecule has 0 aromatic heterocycles. The van der Waals surface area contributed by atoms with Crippen LogP contribution in [0.25, 0.3) is 6.08 Å². The molecule has 2 amide bonds. The van der Waals surface area contributed by atoms with Crippen LogP contribution in [0.4, 0.5) is 5.69 Å². The van der Waals surface area contributed by atoms with Gasteiger partial charge in [0.15, 0.2) is 0 Å². The zero-order valence-electron chi connectivity index (χ0n) is 16.2. The first-order valence-corrected chi connectivity index (χ1v) is 9.54. The van der Waals surface area contributed by atoms with Crippen molar-refractivity contribution in [2.75, 3.05) is 18.2 Å². The van der Waals surface area contributed by atoms with Crippen molar-refractivity contribution in [1.29, 1.82) is 0 Å². The van der Waals surface area contributed by atoms with Crippen molar-refractivity contribution in [3.63, 3.8) is 0 Å². The number of carbonyl (C=O) groups is 2. The van der Waals surface area contributed by atoms with E-state index in [4.69, 9.17) is 9.47 Å². The maximum absolute atomic E-state index is 12.8. The number of hydrogen-bond acceptors (Lipinski definition) is 4. The maximum Gasteiger partial charge on any atom is 0.282 e. The first kappa shape index (κ1) is 19.3. The Hall–Kier alpha value is -4.06. The molecule has 3 aromatic rings. The third kappa shape index (κ3) is 4.33. The molecular weight excluding hydrogens is 380 g/mol. The topological polar surface area (TPSA) is 67.9 Å². The molecule has 6 heteroatoms. The van der Waals surface area contributed by atoms with Gasteiger partial charge < -0.3 is 9.47 Å². The number of hydrogen-bond donors (Lipinski definition) is 1. The van der Waals surface area contributed by atoms with Gasteiger partial charge in [0.25, 0.3) is 11.8 Å². The lowest BCUT2D eigenvalue weighted by molar-refractivity contribution is -0.117. The zero-order chi connectivity index (χ0) is 20.8. The fourth-order valence-corrected chi connectivity index (χ4v) is 3.03. The van der Waals surface area contributed by atoms with E-state index in [1.54, 1.807) is 42.5 Å². The number of amides is 2. The third-order valence-electron chi connectivity index (χ3n) is 4.48. The molecule has 1 aliphatic heterocycles. The van der Waals surface area contributed by atoms with Crippen LogP contribution in [0.15, 0.2) is 90.5 Å². The molecule has 0 atom stereocenters. The fraction of sp³-hybridized carbons (Fsp3) is 0.0833. The fourth-order valence-electron chi connectivity index (χ4n) is 3.03. The summed E-state index contributed by atoms with van der Waals surface area (Å²) in [5, 5.41) is 1.24. The molecule has 0 radical (unpaired) electrons. The summed E-state index contributed by atoms with van der Waals surface area (Å²) in [6, 6.07) is 25.7. The van der Waals surface area contributed by atoms with E-state index in [-0.39, 0.29) is 5.57 Å². The summed E-state index contributed by atoms with van der Waals surface area (Å²) < 4.78 is 11.5. The second kappa shape index (κ2) is 8.96. The van der Waals surface area contributed by atoms with E-state index >= 15 is 0 Å². The molecule has 1 fully saturated rings. The van der Waals surface area contributed by atoms with Crippen molar-refractivity contribution < 1.29 is 19.1 Å². The molecule has 1 saturated heterocycles. The van der Waals surface area contributed by atoms with Gasteiger partial charge >= 0.3 is 0 Å². The Kier molecular flexibility index (Phi) is 5.75. The van der Waals surface area contributed by atoms with Crippen molar-refractivity contribution in [2.24, 2.45) is 0 Å². The zero-order valence-corrected chi connectivity index (χ0v) is 16.2. The second-order valence-corrected chi connectivity index (χ2v) is 6.52. The van der Waals surface area contributed by atoms with Gasteiger partial charge in [0.2, 0.25) is 0 Å². The van der Waals surface area contributed by atoms with E-state index in [1.807, 2.05) is 48.5 Å². The molecule has 150 valence electrons. The van der Waals surface area contributed by atoms with Crippen LogP contribution in [0.1, 0.15) is 5.56 Å². The summed E-state index contributed by atoms with van der Waals surface area (Å²) in [4.78, 5) is 25.2. The Bertz CT molecular complexity index is 1060. The lowest BCUT2D eigenvalue weighted by Gasteiger charge is -2.14. The van der Waals surface area contributed by atoms with E-state index < -0.39 is 11.8 Å². The lowest BCUT2D eigenvalue weighted by atomic mass is 10.1. The smallest absolute Gasteiger partial charge is 0.282 e. The van der Waals surface area contributed by atoms with Gasteiger partial charge in [-0.25, -0.2) is 5.01 Å². The van der Waals surface area contributed by atoms with Gasteiger partial charge in [0.05, 0.1) is 5.69 Å². The normalized spacial score (nSPS) is 14.7. The molecule has 0 unspecified atom stereocenters. The monoisotopic (exact) mass is 400 g/mol. The van der Waals surface area contributed by atoms with Crippen LogP contribution in [0, 0.1) is 0 Å². The maximum atomic E-state index is 12.8. The van der Waals surface area contributed by atoms with E-state index in [2.05, 4.69) is 5.43 Å². The van der Waals surface area contributed by atoms with Gasteiger partial charge in [0, 0.05) is 5.56 Å². The van der Waals surface area contributed by atoms with Crippen molar-refractivity contribution in [3.05, 3.63) is 96.1 Å². The van der Waals surface area contributed by atoms with Gasteiger partial charge in [-0.05, 0) is 36.4 Å². The Balaban J connectivity index is 1.46. The summed E-state index contributed by atoms with van der Waals surface area (Å²) in [6.45, 7) is 0.696. The Labute approximate surface area is 174 Å². The largest absolute Gasteiger partial charge is 0.490 e. The number of nitrogens with zero attached hydrogens (tertiary/aromatic N) is 1. The van der Waals surface area contributed by atoms with E-state index in [1.165, 1.54) is 5.01 Å². The lowest BCUT2D eigenvalue weighted by Crippen LogP contribution is -2.35. The summed E-state index contributed by atoms with van der Waals surface area (Å²) in [6.07, 6.45) is 1.55. The molecule has 0 spiro atoms. The highest BCUT2D eigenvalue weighted by Crippen LogP contribution is 2.25. The van der Waals surface area contributed by atoms with Crippen molar-refractivity contribution in [2.45, 2.75) is 0 Å². The minimum atomic E-state index is -0.453. The van der Waals surface area contributed by atoms with Crippen molar-refractivity contribution in [1.82, 2.24) is 5.43 Å². The van der Waals surface area contributed by atoms with Crippen LogP contribution in [0.2, 0.25) is 0 Å². The number of para-hydroxylation sites is 3. The predicted octanol–water partition coefficient (Wildman–Crippen LogP) is 3.61. The van der Waals surface area contributed by atoms with Gasteiger partial charge in [-0.3, -0.25) is 15.0 Å². The van der Waals surface area contributed by atoms with Crippen molar-refractivity contribution in [3.8, 4) is 11.5 Å². The van der Waals surface area contributed by atoms with E-state index in [0.29, 0.717) is 30.2 Å². The highest BCUT2D eigenvalue weighted by Gasteiger charge is 2.34. The number of anilines is 1. The van der Waals surface area contributed by atoms with Gasteiger partial charge in [-0.1, -0.05) is 54.6 Å². The first-order chi connectivity index (χ1) is 14.7. The van der Waals surface area contributed by atoms with Crippen LogP contribution in [0.5, 0.6) is 11.5 Å². The molecule has 0 saturated carbocycles. The number of benzene rings is 3. The molecule has 3 aromatic carbocycles. The molecule has 1 N–H and O–H groups in total. The third-order valence-corrected chi connectivity index (χ3v) is 4.48. The molecular formula is C24H20N2O4. The van der Waals surface area contributed by atoms with Crippen LogP contribution >= 0.6 is 0 Å². The Morgan fingerprint density at radius 3 is 2.17 bits per heavy atom. The second-order valence-electron chi connectivity index (χ2n) is 6.52. The number of rotatable bonds is 7. The minimum absolute atomic E-state index is 0.0513. The molecule has 1 heterocycles. The number of ether oxygens (including phenoxy) is 2. The molecule has 0 bridgehead atoms. The highest BCUT2D eigenvalue weighted by atomic mass is 16.5. The molecule has 1 aliphatic rings. The minimum Gasteiger partial charge on any atom is -0.490 e. The molecule has 4 rings (SSSR count). The van der Waals surface area contributed by atoms with E-state index in [9.17, 15) is 9.59 Å². The summed E-state index contributed by atoms with van der Waals surface area (Å²) >= 11 is 0. The average molecular weight is 400 g/mol. The van der Waals surface area contributed by atoms with Crippen LogP contribution < -0.4 is 19.9 Å². The summed E-state index contributed by atoms with van der Waals surface area (Å²) in [5.74, 6) is 0.477. The SMILES string of the molecule is O=C1NN(c2ccccc2)C(=O)C1=Cc1ccccc1OCCOc1ccccc1. The summed E-state index contributed by atoms with van der Waals surface area (Å²) in [7, 11) is 0. The van der Waals surface area contributed by atoms with Gasteiger partial charge in [-0.2, -0.15) is 0 Å². The summed E-state index contributed by atoms with van der Waals surface area (Å²) in [5.41, 5.74) is 3.89. The van der Waals surface area contributed by atoms with Gasteiger partial charge in [-0.15, -0.1) is 0 Å².